The van der Waals surface area contributed by atoms with Crippen molar-refractivity contribution in [2.45, 2.75) is 40.5 Å². The molecule has 0 bridgehead atoms. The molecule has 0 aromatic rings. The largest absolute Gasteiger partial charge is 0.427 e. The topological polar surface area (TPSA) is 26.3 Å². The van der Waals surface area contributed by atoms with Crippen molar-refractivity contribution in [2.24, 2.45) is 11.8 Å². The Labute approximate surface area is 104 Å². The molecule has 0 radical (unpaired) electrons. The number of esters is 1. The Balaban J connectivity index is 2.91. The highest BCUT2D eigenvalue weighted by atomic mass is 16.5. The molecule has 0 heterocycles. The fourth-order valence-corrected chi connectivity index (χ4v) is 2.36. The first-order chi connectivity index (χ1) is 7.84. The molecule has 0 fully saturated rings. The third-order valence-electron chi connectivity index (χ3n) is 3.45. The van der Waals surface area contributed by atoms with Crippen LogP contribution in [0.1, 0.15) is 40.5 Å². The average Bonchev–Trinajstić information content (AvgIpc) is 2.22. The quantitative estimate of drug-likeness (QED) is 0.419. The maximum Gasteiger partial charge on any atom is 0.338 e. The second-order valence-corrected chi connectivity index (χ2v) is 5.09. The second-order valence-electron chi connectivity index (χ2n) is 5.09. The predicted octanol–water partition coefficient (Wildman–Crippen LogP) is 4.00. The molecule has 2 atom stereocenters. The summed E-state index contributed by atoms with van der Waals surface area (Å²) in [7, 11) is 0. The predicted molar refractivity (Wildman–Crippen MR) is 70.3 cm³/mol. The number of carbonyl (C=O) groups is 1. The van der Waals surface area contributed by atoms with Crippen LogP contribution in [0.4, 0.5) is 0 Å². The summed E-state index contributed by atoms with van der Waals surface area (Å²) in [4.78, 5) is 11.6. The highest BCUT2D eigenvalue weighted by Crippen LogP contribution is 2.38. The standard InChI is InChI=1S/C15H22O2/c1-9(2)13-8-7-11(5)14(12(13)6)17-15(16)10(3)4/h12-13H,1,3,7-8H2,2,4-6H3/t12?,13-/m0/s1. The average molecular weight is 234 g/mol. The summed E-state index contributed by atoms with van der Waals surface area (Å²) < 4.78 is 5.46. The number of ether oxygens (including phenoxy) is 1. The molecule has 0 aromatic carbocycles. The van der Waals surface area contributed by atoms with E-state index < -0.39 is 0 Å². The Morgan fingerprint density at radius 1 is 1.35 bits per heavy atom. The first-order valence-electron chi connectivity index (χ1n) is 6.07. The van der Waals surface area contributed by atoms with E-state index in [1.165, 1.54) is 5.57 Å². The zero-order valence-corrected chi connectivity index (χ0v) is 11.3. The molecule has 0 aliphatic heterocycles. The number of rotatable bonds is 3. The van der Waals surface area contributed by atoms with Crippen molar-refractivity contribution in [1.29, 1.82) is 0 Å². The minimum absolute atomic E-state index is 0.226. The molecule has 17 heavy (non-hydrogen) atoms. The molecular weight excluding hydrogens is 212 g/mol. The Bertz CT molecular complexity index is 388. The highest BCUT2D eigenvalue weighted by molar-refractivity contribution is 5.87. The van der Waals surface area contributed by atoms with Gasteiger partial charge in [-0.15, -0.1) is 0 Å². The monoisotopic (exact) mass is 234 g/mol. The summed E-state index contributed by atoms with van der Waals surface area (Å²) in [5, 5.41) is 0. The SMILES string of the molecule is C=C(C)C(=O)OC1=C(C)CC[C@@H](C(=C)C)C1C. The van der Waals surface area contributed by atoms with Crippen molar-refractivity contribution in [1.82, 2.24) is 0 Å². The van der Waals surface area contributed by atoms with E-state index in [1.807, 2.05) is 13.8 Å². The van der Waals surface area contributed by atoms with Crippen LogP contribution in [0.2, 0.25) is 0 Å². The first kappa shape index (κ1) is 13.8. The van der Waals surface area contributed by atoms with Crippen molar-refractivity contribution in [3.8, 4) is 0 Å². The maximum absolute atomic E-state index is 11.6. The Morgan fingerprint density at radius 2 is 1.94 bits per heavy atom. The lowest BCUT2D eigenvalue weighted by Gasteiger charge is -2.32. The fraction of sp³-hybridized carbons (Fsp3) is 0.533. The minimum Gasteiger partial charge on any atom is -0.427 e. The lowest BCUT2D eigenvalue weighted by molar-refractivity contribution is -0.136. The summed E-state index contributed by atoms with van der Waals surface area (Å²) in [5.41, 5.74) is 2.77. The van der Waals surface area contributed by atoms with E-state index in [0.29, 0.717) is 11.5 Å². The second kappa shape index (κ2) is 5.35. The van der Waals surface area contributed by atoms with Crippen LogP contribution < -0.4 is 0 Å². The number of allylic oxidation sites excluding steroid dienone is 3. The fourth-order valence-electron chi connectivity index (χ4n) is 2.36. The van der Waals surface area contributed by atoms with Gasteiger partial charge in [-0.1, -0.05) is 25.7 Å². The van der Waals surface area contributed by atoms with E-state index in [-0.39, 0.29) is 11.9 Å². The van der Waals surface area contributed by atoms with Gasteiger partial charge in [0.2, 0.25) is 0 Å². The summed E-state index contributed by atoms with van der Waals surface area (Å²) >= 11 is 0. The maximum atomic E-state index is 11.6. The van der Waals surface area contributed by atoms with Gasteiger partial charge in [-0.3, -0.25) is 0 Å². The molecule has 0 saturated carbocycles. The molecule has 1 unspecified atom stereocenters. The van der Waals surface area contributed by atoms with Crippen LogP contribution in [0.3, 0.4) is 0 Å². The molecule has 94 valence electrons. The van der Waals surface area contributed by atoms with Gasteiger partial charge < -0.3 is 4.74 Å². The van der Waals surface area contributed by atoms with E-state index >= 15 is 0 Å². The molecule has 1 rings (SSSR count). The molecular formula is C15H22O2. The van der Waals surface area contributed by atoms with Crippen LogP contribution in [0.25, 0.3) is 0 Å². The van der Waals surface area contributed by atoms with Gasteiger partial charge in [0.1, 0.15) is 5.76 Å². The van der Waals surface area contributed by atoms with Crippen LogP contribution in [-0.4, -0.2) is 5.97 Å². The van der Waals surface area contributed by atoms with Crippen LogP contribution in [0.5, 0.6) is 0 Å². The van der Waals surface area contributed by atoms with Crippen LogP contribution in [-0.2, 0) is 9.53 Å². The zero-order valence-electron chi connectivity index (χ0n) is 11.3. The van der Waals surface area contributed by atoms with E-state index in [1.54, 1.807) is 6.92 Å². The van der Waals surface area contributed by atoms with Gasteiger partial charge in [0, 0.05) is 11.5 Å². The lowest BCUT2D eigenvalue weighted by Crippen LogP contribution is -2.24. The molecule has 0 saturated heterocycles. The normalized spacial score (nSPS) is 24.5. The molecule has 0 N–H and O–H groups in total. The third-order valence-corrected chi connectivity index (χ3v) is 3.45. The Hall–Kier alpha value is -1.31. The van der Waals surface area contributed by atoms with Gasteiger partial charge in [-0.25, -0.2) is 4.79 Å². The van der Waals surface area contributed by atoms with Gasteiger partial charge in [0.25, 0.3) is 0 Å². The number of hydrogen-bond donors (Lipinski definition) is 0. The van der Waals surface area contributed by atoms with Gasteiger partial charge in [-0.05, 0) is 45.1 Å². The Kier molecular flexibility index (Phi) is 4.33. The minimum atomic E-state index is -0.325. The molecule has 2 nitrogen and oxygen atoms in total. The molecule has 1 aliphatic carbocycles. The Morgan fingerprint density at radius 3 is 2.41 bits per heavy atom. The van der Waals surface area contributed by atoms with Gasteiger partial charge in [0.05, 0.1) is 0 Å². The molecule has 2 heteroatoms. The molecule has 0 amide bonds. The van der Waals surface area contributed by atoms with Crippen LogP contribution >= 0.6 is 0 Å². The summed E-state index contributed by atoms with van der Waals surface area (Å²) in [5.74, 6) is 1.13. The molecule has 0 aromatic heterocycles. The van der Waals surface area contributed by atoms with Crippen molar-refractivity contribution >= 4 is 5.97 Å². The number of carbonyl (C=O) groups excluding carboxylic acids is 1. The van der Waals surface area contributed by atoms with Crippen LogP contribution in [0, 0.1) is 11.8 Å². The zero-order chi connectivity index (χ0) is 13.2. The van der Waals surface area contributed by atoms with Gasteiger partial charge in [0.15, 0.2) is 0 Å². The third kappa shape index (κ3) is 3.09. The summed E-state index contributed by atoms with van der Waals surface area (Å²) in [6, 6.07) is 0. The smallest absolute Gasteiger partial charge is 0.338 e. The summed E-state index contributed by atoms with van der Waals surface area (Å²) in [6.45, 7) is 15.5. The summed E-state index contributed by atoms with van der Waals surface area (Å²) in [6.07, 6.45) is 2.07. The molecule has 1 aliphatic rings. The van der Waals surface area contributed by atoms with E-state index in [9.17, 15) is 4.79 Å². The highest BCUT2D eigenvalue weighted by Gasteiger charge is 2.30. The van der Waals surface area contributed by atoms with Crippen molar-refractivity contribution in [3.63, 3.8) is 0 Å². The molecule has 0 spiro atoms. The van der Waals surface area contributed by atoms with E-state index in [2.05, 4.69) is 20.1 Å². The van der Waals surface area contributed by atoms with Gasteiger partial charge in [-0.2, -0.15) is 0 Å². The number of hydrogen-bond acceptors (Lipinski definition) is 2. The van der Waals surface area contributed by atoms with Crippen LogP contribution in [0.15, 0.2) is 35.6 Å². The lowest BCUT2D eigenvalue weighted by atomic mass is 9.77. The van der Waals surface area contributed by atoms with Gasteiger partial charge >= 0.3 is 5.97 Å². The van der Waals surface area contributed by atoms with Crippen molar-refractivity contribution in [2.75, 3.05) is 0 Å². The van der Waals surface area contributed by atoms with Crippen molar-refractivity contribution in [3.05, 3.63) is 35.6 Å². The van der Waals surface area contributed by atoms with E-state index in [4.69, 9.17) is 4.74 Å². The first-order valence-corrected chi connectivity index (χ1v) is 6.07. The van der Waals surface area contributed by atoms with Crippen molar-refractivity contribution < 1.29 is 9.53 Å². The van der Waals surface area contributed by atoms with E-state index in [0.717, 1.165) is 24.2 Å².